The van der Waals surface area contributed by atoms with Crippen molar-refractivity contribution >= 4 is 66.4 Å². The zero-order valence-electron chi connectivity index (χ0n) is 51.8. The van der Waals surface area contributed by atoms with Crippen LogP contribution in [0.3, 0.4) is 0 Å². The topological polar surface area (TPSA) is 170 Å². The minimum Gasteiger partial charge on any atom is -0.490 e. The summed E-state index contributed by atoms with van der Waals surface area (Å²) in [5, 5.41) is -0.536. The van der Waals surface area contributed by atoms with Gasteiger partial charge in [0.05, 0.1) is 35.1 Å². The van der Waals surface area contributed by atoms with Crippen LogP contribution in [0.15, 0.2) is 97.1 Å². The second-order valence-corrected chi connectivity index (χ2v) is 31.7. The number of fused-ring (bicyclic) bond motifs is 8. The monoisotopic (exact) mass is 1320 g/mol. The van der Waals surface area contributed by atoms with Crippen molar-refractivity contribution in [1.29, 1.82) is 0 Å². The molecule has 2 spiro atoms. The van der Waals surface area contributed by atoms with E-state index in [0.29, 0.717) is 85.2 Å². The lowest BCUT2D eigenvalue weighted by atomic mass is 9.64. The first kappa shape index (κ1) is 66.1. The van der Waals surface area contributed by atoms with Crippen LogP contribution in [-0.2, 0) is 53.2 Å². The molecule has 4 aromatic carbocycles. The van der Waals surface area contributed by atoms with Crippen LogP contribution < -0.4 is 28.7 Å². The number of ether oxygens (including phenoxy) is 4. The summed E-state index contributed by atoms with van der Waals surface area (Å²) >= 11 is 12.8. The lowest BCUT2D eigenvalue weighted by molar-refractivity contribution is -0.156. The molecule has 2 fully saturated rings. The summed E-state index contributed by atoms with van der Waals surface area (Å²) in [5.41, 5.74) is 1.97. The van der Waals surface area contributed by atoms with Crippen molar-refractivity contribution in [2.24, 2.45) is 35.5 Å². The number of aryl methyl sites for hydroxylation is 2. The van der Waals surface area contributed by atoms with Gasteiger partial charge in [0.2, 0.25) is 20.0 Å². The summed E-state index contributed by atoms with van der Waals surface area (Å²) in [5.74, 6) is -2.29. The van der Waals surface area contributed by atoms with E-state index < -0.39 is 101 Å². The highest BCUT2D eigenvalue weighted by atomic mass is 35.5. The minimum absolute atomic E-state index is 0.109. The van der Waals surface area contributed by atoms with E-state index in [1.807, 2.05) is 24.3 Å². The van der Waals surface area contributed by atoms with Crippen molar-refractivity contribution in [3.05, 3.63) is 141 Å². The maximum Gasteiger partial charge on any atom is 0.270 e. The van der Waals surface area contributed by atoms with Crippen LogP contribution in [0.5, 0.6) is 11.5 Å². The second-order valence-electron chi connectivity index (χ2n) is 26.8. The van der Waals surface area contributed by atoms with E-state index in [2.05, 4.69) is 31.4 Å². The number of halogens is 6. The Hall–Kier alpha value is -5.38. The molecule has 4 heterocycles. The lowest BCUT2D eigenvalue weighted by Crippen LogP contribution is -2.55. The third kappa shape index (κ3) is 12.4. The molecular formula is C68H82Cl2F4N4O10S2. The molecule has 4 aliphatic heterocycles. The second kappa shape index (κ2) is 25.8. The Kier molecular flexibility index (Phi) is 19.0. The number of benzene rings is 4. The summed E-state index contributed by atoms with van der Waals surface area (Å²) in [4.78, 5) is 31.1. The van der Waals surface area contributed by atoms with Crippen LogP contribution in [0.1, 0.15) is 135 Å². The zero-order chi connectivity index (χ0) is 64.3. The van der Waals surface area contributed by atoms with E-state index in [0.717, 1.165) is 62.5 Å². The summed E-state index contributed by atoms with van der Waals surface area (Å²) in [6.45, 7) is 9.30. The maximum atomic E-state index is 15.0. The summed E-state index contributed by atoms with van der Waals surface area (Å²) in [6, 6.07) is 21.9. The van der Waals surface area contributed by atoms with Crippen LogP contribution in [0.4, 0.5) is 28.9 Å². The van der Waals surface area contributed by atoms with Gasteiger partial charge in [-0.2, -0.15) is 0 Å². The van der Waals surface area contributed by atoms with E-state index in [1.165, 1.54) is 51.3 Å². The van der Waals surface area contributed by atoms with Crippen molar-refractivity contribution in [2.45, 2.75) is 150 Å². The van der Waals surface area contributed by atoms with Gasteiger partial charge in [0.1, 0.15) is 22.7 Å². The first-order valence-electron chi connectivity index (χ1n) is 31.5. The van der Waals surface area contributed by atoms with Crippen LogP contribution in [-0.4, -0.2) is 117 Å². The van der Waals surface area contributed by atoms with Crippen LogP contribution in [0.25, 0.3) is 0 Å². The predicted octanol–water partition coefficient (Wildman–Crippen LogP) is 13.1. The third-order valence-electron chi connectivity index (χ3n) is 21.7. The number of nitrogens with zero attached hydrogens (tertiary/aromatic N) is 2. The molecule has 4 aliphatic carbocycles. The molecule has 4 bridgehead atoms. The normalized spacial score (nSPS) is 33.7. The number of nitrogens with one attached hydrogen (secondary N) is 2. The molecule has 0 saturated heterocycles. The Morgan fingerprint density at radius 3 is 1.33 bits per heavy atom. The van der Waals surface area contributed by atoms with Crippen molar-refractivity contribution in [1.82, 2.24) is 9.44 Å². The average Bonchev–Trinajstić information content (AvgIpc) is 1.34. The Morgan fingerprint density at radius 2 is 0.978 bits per heavy atom. The number of methoxy groups -OCH3 is 2. The molecule has 488 valence electrons. The highest BCUT2D eigenvalue weighted by Gasteiger charge is 2.56. The van der Waals surface area contributed by atoms with Gasteiger partial charge < -0.3 is 28.7 Å². The van der Waals surface area contributed by atoms with E-state index >= 15 is 0 Å². The predicted molar refractivity (Wildman–Crippen MR) is 342 cm³/mol. The molecular weight excluding hydrogens is 1240 g/mol. The van der Waals surface area contributed by atoms with Gasteiger partial charge in [-0.3, -0.25) is 9.59 Å². The molecule has 2 amide bonds. The molecule has 90 heavy (non-hydrogen) atoms. The van der Waals surface area contributed by atoms with Crippen molar-refractivity contribution in [3.8, 4) is 11.5 Å². The quantitative estimate of drug-likeness (QED) is 0.147. The number of rotatable bonds is 4. The van der Waals surface area contributed by atoms with Gasteiger partial charge in [-0.05, 0) is 197 Å². The van der Waals surface area contributed by atoms with Gasteiger partial charge in [0, 0.05) is 84.2 Å². The van der Waals surface area contributed by atoms with Gasteiger partial charge in [-0.25, -0.2) is 43.8 Å². The molecule has 2 N–H and O–H groups in total. The van der Waals surface area contributed by atoms with E-state index in [4.69, 9.17) is 42.1 Å². The van der Waals surface area contributed by atoms with E-state index in [1.54, 1.807) is 62.4 Å². The lowest BCUT2D eigenvalue weighted by Gasteiger charge is -2.50. The Labute approximate surface area is 536 Å². The molecule has 0 unspecified atom stereocenters. The summed E-state index contributed by atoms with van der Waals surface area (Å²) in [7, 11) is -5.47. The van der Waals surface area contributed by atoms with Gasteiger partial charge in [-0.15, -0.1) is 0 Å². The van der Waals surface area contributed by atoms with Crippen LogP contribution in [0, 0.1) is 35.5 Å². The molecule has 12 atom stereocenters. The smallest absolute Gasteiger partial charge is 0.270 e. The summed E-state index contributed by atoms with van der Waals surface area (Å²) < 4.78 is 142. The molecule has 2 saturated carbocycles. The molecule has 14 nitrogen and oxygen atoms in total. The molecule has 12 rings (SSSR count). The number of hydrogen-bond donors (Lipinski definition) is 2. The Morgan fingerprint density at radius 1 is 0.578 bits per heavy atom. The van der Waals surface area contributed by atoms with Crippen LogP contribution >= 0.6 is 23.2 Å². The number of carbonyl (C=O) groups excluding carboxylic acids is 2. The largest absolute Gasteiger partial charge is 0.490 e. The number of hydrogen-bond acceptors (Lipinski definition) is 12. The minimum atomic E-state index is -4.06. The fourth-order valence-electron chi connectivity index (χ4n) is 15.7. The first-order valence-corrected chi connectivity index (χ1v) is 35.4. The highest BCUT2D eigenvalue weighted by molar-refractivity contribution is 7.91. The van der Waals surface area contributed by atoms with Crippen molar-refractivity contribution in [2.75, 3.05) is 63.4 Å². The third-order valence-corrected chi connectivity index (χ3v) is 26.0. The molecule has 0 aromatic heterocycles. The molecule has 4 aromatic rings. The van der Waals surface area contributed by atoms with Gasteiger partial charge in [0.25, 0.3) is 24.7 Å². The maximum absolute atomic E-state index is 15.0. The molecule has 22 heteroatoms. The number of alkyl halides is 4. The number of sulfonamides is 2. The zero-order valence-corrected chi connectivity index (χ0v) is 54.9. The van der Waals surface area contributed by atoms with E-state index in [9.17, 15) is 44.0 Å². The van der Waals surface area contributed by atoms with Crippen LogP contribution in [0.2, 0.25) is 10.0 Å². The fourth-order valence-corrected chi connectivity index (χ4v) is 18.6. The van der Waals surface area contributed by atoms with E-state index in [-0.39, 0.29) is 35.8 Å². The van der Waals surface area contributed by atoms with Crippen molar-refractivity contribution in [3.63, 3.8) is 0 Å². The highest BCUT2D eigenvalue weighted by Crippen LogP contribution is 2.53. The number of carbonyl (C=O) groups is 2. The van der Waals surface area contributed by atoms with Gasteiger partial charge in [0.15, 0.2) is 0 Å². The first-order chi connectivity index (χ1) is 42.8. The molecule has 0 radical (unpaired) electrons. The Bertz CT molecular complexity index is 3440. The fraction of sp³-hybridized carbons (Fsp3) is 0.559. The SMILES string of the molecule is CO[C@@]1(C(F)F)/C=C/C[C@H](C)[C@@H](C)S(=O)(=O)NC(=O)c2ccc3c(c2)N(C[C@@H]2CC[C@H]21)C[C@@]1(CCCc2cc(Cl)ccc21)CO3.CO[C@]1(C(F)F)/C=C/C[C@H](C)[C@@H](C)S(=O)(=O)NC(=O)c2ccc3c(c2)N(C[C@@H]2CC[C@H]21)C[C@@]1(CCCc2cc(Cl)ccc21)CO3. The average molecular weight is 1330 g/mol. The number of amides is 2. The number of anilines is 2. The molecule has 8 aliphatic rings. The number of allylic oxidation sites excluding steroid dienone is 2. The summed E-state index contributed by atoms with van der Waals surface area (Å²) in [6.07, 6.45) is 9.19. The standard InChI is InChI=1S/2C34H41ClF2N2O5S/c2*1-21-6-4-15-34(43-3,32(36)37)28-11-8-25(28)18-39-19-33(14-5-7-23-16-26(35)10-12-27(23)33)20-44-30-13-9-24(17-29(30)39)31(40)38-45(41,42)22(21)2/h2*4,9-10,12-13,15-17,21-22,25,28,32H,5-8,11,14,18-20H2,1-3H3,(H,38,40)/b2*15-4+/t21-,22+,25-,28+,33-,34+;21-,22+,25-,28+,33-,34-/m00/s1. The Balaban J connectivity index is 0.000000185. The van der Waals surface area contributed by atoms with Gasteiger partial charge in [-0.1, -0.05) is 73.5 Å². The van der Waals surface area contributed by atoms with Crippen molar-refractivity contribution < 1.29 is 62.9 Å². The van der Waals surface area contributed by atoms with Gasteiger partial charge >= 0.3 is 0 Å².